The zero-order valence-electron chi connectivity index (χ0n) is 10.1. The lowest BCUT2D eigenvalue weighted by atomic mass is 9.85. The first kappa shape index (κ1) is 14.4. The van der Waals surface area contributed by atoms with E-state index >= 15 is 0 Å². The van der Waals surface area contributed by atoms with Gasteiger partial charge in [-0.15, -0.1) is 0 Å². The SMILES string of the molecule is CC(N)(c1ccc(Cl)cc1)c1c(F)ccc(Br)c1F. The van der Waals surface area contributed by atoms with Crippen molar-refractivity contribution in [2.24, 2.45) is 5.73 Å². The monoisotopic (exact) mass is 345 g/mol. The largest absolute Gasteiger partial charge is 0.318 e. The Hall–Kier alpha value is -0.970. The van der Waals surface area contributed by atoms with Crippen LogP contribution in [0.4, 0.5) is 8.78 Å². The van der Waals surface area contributed by atoms with Gasteiger partial charge in [0, 0.05) is 10.6 Å². The normalized spacial score (nSPS) is 14.2. The Morgan fingerprint density at radius 3 is 2.26 bits per heavy atom. The van der Waals surface area contributed by atoms with Crippen LogP contribution in [-0.2, 0) is 5.54 Å². The Bertz CT molecular complexity index is 612. The third kappa shape index (κ3) is 2.66. The van der Waals surface area contributed by atoms with Gasteiger partial charge in [-0.05, 0) is 52.7 Å². The second-order valence-corrected chi connectivity index (χ2v) is 5.72. The van der Waals surface area contributed by atoms with Gasteiger partial charge < -0.3 is 5.73 Å². The minimum atomic E-state index is -1.29. The highest BCUT2D eigenvalue weighted by molar-refractivity contribution is 9.10. The van der Waals surface area contributed by atoms with Crippen molar-refractivity contribution in [3.05, 3.63) is 68.7 Å². The molecule has 100 valence electrons. The van der Waals surface area contributed by atoms with Gasteiger partial charge in [-0.2, -0.15) is 0 Å². The number of rotatable bonds is 2. The van der Waals surface area contributed by atoms with Gasteiger partial charge >= 0.3 is 0 Å². The molecule has 0 bridgehead atoms. The molecule has 0 amide bonds. The van der Waals surface area contributed by atoms with E-state index in [1.54, 1.807) is 31.2 Å². The van der Waals surface area contributed by atoms with Gasteiger partial charge in [0.1, 0.15) is 11.6 Å². The van der Waals surface area contributed by atoms with Crippen LogP contribution >= 0.6 is 27.5 Å². The summed E-state index contributed by atoms with van der Waals surface area (Å²) in [5, 5.41) is 0.537. The van der Waals surface area contributed by atoms with Gasteiger partial charge in [0.15, 0.2) is 0 Å². The van der Waals surface area contributed by atoms with E-state index in [1.165, 1.54) is 12.1 Å². The molecule has 1 unspecified atom stereocenters. The first-order valence-corrected chi connectivity index (χ1v) is 6.70. The van der Waals surface area contributed by atoms with Crippen LogP contribution in [0.25, 0.3) is 0 Å². The summed E-state index contributed by atoms with van der Waals surface area (Å²) >= 11 is 8.84. The smallest absolute Gasteiger partial charge is 0.145 e. The van der Waals surface area contributed by atoms with Crippen molar-refractivity contribution in [1.29, 1.82) is 0 Å². The highest BCUT2D eigenvalue weighted by Crippen LogP contribution is 2.34. The van der Waals surface area contributed by atoms with Gasteiger partial charge in [0.25, 0.3) is 0 Å². The lowest BCUT2D eigenvalue weighted by Gasteiger charge is -2.27. The molecule has 0 saturated carbocycles. The maximum Gasteiger partial charge on any atom is 0.145 e. The maximum absolute atomic E-state index is 14.1. The summed E-state index contributed by atoms with van der Waals surface area (Å²) in [6, 6.07) is 9.07. The molecule has 0 radical (unpaired) electrons. The van der Waals surface area contributed by atoms with E-state index in [4.69, 9.17) is 17.3 Å². The highest BCUT2D eigenvalue weighted by Gasteiger charge is 2.31. The standard InChI is InChI=1S/C14H11BrClF2N/c1-14(19,8-2-4-9(16)5-3-8)12-11(17)7-6-10(15)13(12)18/h2-7H,19H2,1H3. The van der Waals surface area contributed by atoms with Crippen molar-refractivity contribution in [1.82, 2.24) is 0 Å². The molecule has 2 aromatic rings. The molecule has 1 atom stereocenters. The second-order valence-electron chi connectivity index (χ2n) is 4.43. The number of halogens is 4. The van der Waals surface area contributed by atoms with Crippen molar-refractivity contribution in [2.75, 3.05) is 0 Å². The van der Waals surface area contributed by atoms with Crippen molar-refractivity contribution < 1.29 is 8.78 Å². The van der Waals surface area contributed by atoms with Crippen LogP contribution in [0.3, 0.4) is 0 Å². The van der Waals surface area contributed by atoms with Gasteiger partial charge in [0.2, 0.25) is 0 Å². The number of hydrogen-bond donors (Lipinski definition) is 1. The first-order chi connectivity index (χ1) is 8.84. The van der Waals surface area contributed by atoms with E-state index in [2.05, 4.69) is 15.9 Å². The molecular weight excluding hydrogens is 336 g/mol. The van der Waals surface area contributed by atoms with Gasteiger partial charge in [-0.3, -0.25) is 0 Å². The van der Waals surface area contributed by atoms with Crippen molar-refractivity contribution in [2.45, 2.75) is 12.5 Å². The molecular formula is C14H11BrClF2N. The van der Waals surface area contributed by atoms with E-state index < -0.39 is 17.2 Å². The predicted octanol–water partition coefficient (Wildman–Crippen LogP) is 4.60. The topological polar surface area (TPSA) is 26.0 Å². The Balaban J connectivity index is 2.62. The van der Waals surface area contributed by atoms with Crippen LogP contribution in [-0.4, -0.2) is 0 Å². The molecule has 0 saturated heterocycles. The minimum absolute atomic E-state index is 0.175. The molecule has 0 spiro atoms. The first-order valence-electron chi connectivity index (χ1n) is 5.53. The molecule has 0 heterocycles. The second kappa shape index (κ2) is 5.19. The third-order valence-electron chi connectivity index (χ3n) is 3.01. The van der Waals surface area contributed by atoms with E-state index in [0.717, 1.165) is 0 Å². The Morgan fingerprint density at radius 1 is 1.11 bits per heavy atom. The summed E-state index contributed by atoms with van der Waals surface area (Å²) < 4.78 is 28.2. The van der Waals surface area contributed by atoms with Gasteiger partial charge in [-0.1, -0.05) is 23.7 Å². The molecule has 2 N–H and O–H groups in total. The predicted molar refractivity (Wildman–Crippen MR) is 76.2 cm³/mol. The molecule has 2 rings (SSSR count). The van der Waals surface area contributed by atoms with Crippen molar-refractivity contribution in [3.8, 4) is 0 Å². The number of nitrogens with two attached hydrogens (primary N) is 1. The molecule has 0 aliphatic heterocycles. The Morgan fingerprint density at radius 2 is 1.68 bits per heavy atom. The van der Waals surface area contributed by atoms with Crippen LogP contribution < -0.4 is 5.73 Å². The average molecular weight is 347 g/mol. The fourth-order valence-electron chi connectivity index (χ4n) is 1.94. The molecule has 0 aliphatic rings. The molecule has 1 nitrogen and oxygen atoms in total. The third-order valence-corrected chi connectivity index (χ3v) is 3.87. The van der Waals surface area contributed by atoms with Crippen LogP contribution in [0.15, 0.2) is 40.9 Å². The quantitative estimate of drug-likeness (QED) is 0.790. The van der Waals surface area contributed by atoms with Crippen molar-refractivity contribution in [3.63, 3.8) is 0 Å². The van der Waals surface area contributed by atoms with E-state index in [9.17, 15) is 8.78 Å². The zero-order chi connectivity index (χ0) is 14.2. The van der Waals surface area contributed by atoms with E-state index in [0.29, 0.717) is 10.6 Å². The molecule has 0 aromatic heterocycles. The Kier molecular flexibility index (Phi) is 3.95. The van der Waals surface area contributed by atoms with Crippen molar-refractivity contribution >= 4 is 27.5 Å². The van der Waals surface area contributed by atoms with E-state index in [1.807, 2.05) is 0 Å². The number of benzene rings is 2. The summed E-state index contributed by atoms with van der Waals surface area (Å²) in [5.41, 5.74) is 5.25. The zero-order valence-corrected chi connectivity index (χ0v) is 12.4. The lowest BCUT2D eigenvalue weighted by Crippen LogP contribution is -2.36. The van der Waals surface area contributed by atoms with Crippen LogP contribution in [0.1, 0.15) is 18.1 Å². The average Bonchev–Trinajstić information content (AvgIpc) is 2.34. The van der Waals surface area contributed by atoms with Crippen LogP contribution in [0.5, 0.6) is 0 Å². The summed E-state index contributed by atoms with van der Waals surface area (Å²) in [6.45, 7) is 1.56. The minimum Gasteiger partial charge on any atom is -0.318 e. The summed E-state index contributed by atoms with van der Waals surface area (Å²) in [7, 11) is 0. The lowest BCUT2D eigenvalue weighted by molar-refractivity contribution is 0.479. The fourth-order valence-corrected chi connectivity index (χ4v) is 2.40. The summed E-state index contributed by atoms with van der Waals surface area (Å²) in [4.78, 5) is 0. The molecule has 5 heteroatoms. The number of hydrogen-bond acceptors (Lipinski definition) is 1. The van der Waals surface area contributed by atoms with E-state index in [-0.39, 0.29) is 10.0 Å². The molecule has 2 aromatic carbocycles. The van der Waals surface area contributed by atoms with Gasteiger partial charge in [-0.25, -0.2) is 8.78 Å². The maximum atomic E-state index is 14.1. The molecule has 0 fully saturated rings. The highest BCUT2D eigenvalue weighted by atomic mass is 79.9. The molecule has 19 heavy (non-hydrogen) atoms. The molecule has 0 aliphatic carbocycles. The van der Waals surface area contributed by atoms with Crippen LogP contribution in [0.2, 0.25) is 5.02 Å². The summed E-state index contributed by atoms with van der Waals surface area (Å²) in [6.07, 6.45) is 0. The Labute approximate surface area is 123 Å². The fraction of sp³-hybridized carbons (Fsp3) is 0.143. The van der Waals surface area contributed by atoms with Gasteiger partial charge in [0.05, 0.1) is 10.0 Å². The summed E-state index contributed by atoms with van der Waals surface area (Å²) in [5.74, 6) is -1.37. The van der Waals surface area contributed by atoms with Crippen LogP contribution in [0, 0.1) is 11.6 Å².